The number of esters is 2. The van der Waals surface area contributed by atoms with Gasteiger partial charge in [-0.25, -0.2) is 9.59 Å². The third-order valence-electron chi connectivity index (χ3n) is 3.96. The maximum atomic E-state index is 12.4. The van der Waals surface area contributed by atoms with Crippen molar-refractivity contribution in [3.8, 4) is 0 Å². The Balaban J connectivity index is 1.78. The highest BCUT2D eigenvalue weighted by Crippen LogP contribution is 2.30. The molecule has 0 unspecified atom stereocenters. The summed E-state index contributed by atoms with van der Waals surface area (Å²) < 4.78 is 16.6. The Bertz CT molecular complexity index is 813. The number of carbonyl (C=O) groups excluding carboxylic acids is 2. The van der Waals surface area contributed by atoms with Gasteiger partial charge in [0.25, 0.3) is 0 Å². The molecule has 3 atom stereocenters. The largest absolute Gasteiger partial charge is 0.483 e. The zero-order chi connectivity index (χ0) is 18.5. The van der Waals surface area contributed by atoms with Crippen LogP contribution in [0.1, 0.15) is 20.7 Å². The molecule has 0 N–H and O–H groups in total. The highest BCUT2D eigenvalue weighted by molar-refractivity contribution is 5.90. The summed E-state index contributed by atoms with van der Waals surface area (Å²) in [6.07, 6.45) is -0.938. The molecule has 1 heterocycles. The molecular weight excluding hydrogens is 332 g/mol. The summed E-state index contributed by atoms with van der Waals surface area (Å²) in [7, 11) is 0. The summed E-state index contributed by atoms with van der Waals surface area (Å²) in [6.45, 7) is 7.45. The third kappa shape index (κ3) is 3.67. The maximum absolute atomic E-state index is 12.4. The van der Waals surface area contributed by atoms with Gasteiger partial charge in [-0.05, 0) is 30.3 Å². The molecule has 0 radical (unpaired) electrons. The number of benzene rings is 2. The minimum absolute atomic E-state index is 0.213. The van der Waals surface area contributed by atoms with E-state index in [1.54, 1.807) is 60.7 Å². The normalized spacial score (nSPS) is 21.5. The van der Waals surface area contributed by atoms with Gasteiger partial charge < -0.3 is 14.2 Å². The zero-order valence-electron chi connectivity index (χ0n) is 14.0. The lowest BCUT2D eigenvalue weighted by atomic mass is 10.1. The molecule has 0 aromatic heterocycles. The van der Waals surface area contributed by atoms with Crippen LogP contribution in [0.5, 0.6) is 0 Å². The van der Waals surface area contributed by atoms with Crippen LogP contribution in [0, 0.1) is 0 Å². The van der Waals surface area contributed by atoms with Crippen LogP contribution in [0.25, 0.3) is 0 Å². The van der Waals surface area contributed by atoms with Crippen molar-refractivity contribution in [2.24, 2.45) is 0 Å². The highest BCUT2D eigenvalue weighted by Gasteiger charge is 2.45. The second kappa shape index (κ2) is 7.70. The van der Waals surface area contributed by atoms with E-state index < -0.39 is 30.3 Å². The molecule has 0 aliphatic carbocycles. The SMILES string of the molecule is C=C[C@H]1OC(=C)[C@@H](OC(=O)c2ccccc2)[C@@H]1OC(=O)c1ccccc1. The Labute approximate surface area is 151 Å². The van der Waals surface area contributed by atoms with Crippen LogP contribution < -0.4 is 0 Å². The maximum Gasteiger partial charge on any atom is 0.338 e. The quantitative estimate of drug-likeness (QED) is 0.610. The van der Waals surface area contributed by atoms with Crippen molar-refractivity contribution >= 4 is 11.9 Å². The Morgan fingerprint density at radius 2 is 1.38 bits per heavy atom. The van der Waals surface area contributed by atoms with Gasteiger partial charge in [0.05, 0.1) is 11.1 Å². The topological polar surface area (TPSA) is 61.8 Å². The summed E-state index contributed by atoms with van der Waals surface area (Å²) >= 11 is 0. The average Bonchev–Trinajstić information content (AvgIpc) is 2.98. The van der Waals surface area contributed by atoms with Crippen molar-refractivity contribution in [1.29, 1.82) is 0 Å². The molecular formula is C21H18O5. The fraction of sp³-hybridized carbons (Fsp3) is 0.143. The highest BCUT2D eigenvalue weighted by atomic mass is 16.6. The molecule has 1 aliphatic heterocycles. The Morgan fingerprint density at radius 1 is 0.885 bits per heavy atom. The lowest BCUT2D eigenvalue weighted by molar-refractivity contribution is -0.0215. The van der Waals surface area contributed by atoms with Gasteiger partial charge in [0.15, 0.2) is 18.3 Å². The molecule has 3 rings (SSSR count). The van der Waals surface area contributed by atoms with E-state index in [9.17, 15) is 9.59 Å². The zero-order valence-corrected chi connectivity index (χ0v) is 14.0. The molecule has 0 amide bonds. The van der Waals surface area contributed by atoms with Gasteiger partial charge in [0.2, 0.25) is 0 Å². The van der Waals surface area contributed by atoms with Crippen molar-refractivity contribution in [3.63, 3.8) is 0 Å². The summed E-state index contributed by atoms with van der Waals surface area (Å²) in [5.74, 6) is -0.877. The molecule has 26 heavy (non-hydrogen) atoms. The van der Waals surface area contributed by atoms with E-state index in [0.29, 0.717) is 11.1 Å². The molecule has 1 saturated heterocycles. The first-order chi connectivity index (χ1) is 12.6. The van der Waals surface area contributed by atoms with E-state index in [1.807, 2.05) is 0 Å². The number of carbonyl (C=O) groups is 2. The van der Waals surface area contributed by atoms with Gasteiger partial charge in [0, 0.05) is 0 Å². The number of ether oxygens (including phenoxy) is 3. The molecule has 0 bridgehead atoms. The van der Waals surface area contributed by atoms with Crippen LogP contribution in [0.15, 0.2) is 85.7 Å². The number of hydrogen-bond acceptors (Lipinski definition) is 5. The predicted molar refractivity (Wildman–Crippen MR) is 95.5 cm³/mol. The van der Waals surface area contributed by atoms with E-state index in [1.165, 1.54) is 6.08 Å². The van der Waals surface area contributed by atoms with E-state index in [-0.39, 0.29) is 5.76 Å². The standard InChI is InChI=1S/C21H18O5/c1-3-17-19(26-21(23)16-12-8-5-9-13-16)18(14(2)24-17)25-20(22)15-10-6-4-7-11-15/h3-13,17-19H,1-2H2/t17-,18-,19-/m1/s1. The van der Waals surface area contributed by atoms with E-state index in [4.69, 9.17) is 14.2 Å². The van der Waals surface area contributed by atoms with Crippen molar-refractivity contribution in [1.82, 2.24) is 0 Å². The molecule has 1 aliphatic rings. The van der Waals surface area contributed by atoms with E-state index >= 15 is 0 Å². The molecule has 0 saturated carbocycles. The fourth-order valence-corrected chi connectivity index (χ4v) is 2.63. The Hall–Kier alpha value is -3.34. The van der Waals surface area contributed by atoms with Crippen molar-refractivity contribution < 1.29 is 23.8 Å². The van der Waals surface area contributed by atoms with Gasteiger partial charge in [-0.3, -0.25) is 0 Å². The first kappa shape index (κ1) is 17.5. The first-order valence-corrected chi connectivity index (χ1v) is 8.10. The van der Waals surface area contributed by atoms with Gasteiger partial charge in [-0.2, -0.15) is 0 Å². The van der Waals surface area contributed by atoms with Crippen LogP contribution in [0.2, 0.25) is 0 Å². The summed E-state index contributed by atoms with van der Waals surface area (Å²) in [5, 5.41) is 0. The second-order valence-electron chi connectivity index (χ2n) is 5.71. The molecule has 1 fully saturated rings. The number of rotatable bonds is 5. The summed E-state index contributed by atoms with van der Waals surface area (Å²) in [4.78, 5) is 24.7. The third-order valence-corrected chi connectivity index (χ3v) is 3.96. The van der Waals surface area contributed by atoms with Crippen molar-refractivity contribution in [2.45, 2.75) is 18.3 Å². The van der Waals surface area contributed by atoms with Gasteiger partial charge in [-0.15, -0.1) is 0 Å². The number of hydrogen-bond donors (Lipinski definition) is 0. The molecule has 2 aromatic rings. The van der Waals surface area contributed by atoms with Crippen LogP contribution in [0.4, 0.5) is 0 Å². The summed E-state index contributed by atoms with van der Waals surface area (Å²) in [5.41, 5.74) is 0.774. The van der Waals surface area contributed by atoms with Crippen molar-refractivity contribution in [2.75, 3.05) is 0 Å². The Kier molecular flexibility index (Phi) is 5.17. The second-order valence-corrected chi connectivity index (χ2v) is 5.71. The van der Waals surface area contributed by atoms with Crippen LogP contribution >= 0.6 is 0 Å². The van der Waals surface area contributed by atoms with Crippen LogP contribution in [-0.4, -0.2) is 30.3 Å². The Morgan fingerprint density at radius 3 is 1.88 bits per heavy atom. The van der Waals surface area contributed by atoms with Crippen LogP contribution in [-0.2, 0) is 14.2 Å². The lowest BCUT2D eigenvalue weighted by Crippen LogP contribution is -2.37. The fourth-order valence-electron chi connectivity index (χ4n) is 2.63. The molecule has 0 spiro atoms. The van der Waals surface area contributed by atoms with Crippen LogP contribution in [0.3, 0.4) is 0 Å². The van der Waals surface area contributed by atoms with Crippen molar-refractivity contribution in [3.05, 3.63) is 96.8 Å². The average molecular weight is 350 g/mol. The molecule has 5 heteroatoms. The van der Waals surface area contributed by atoms with E-state index in [0.717, 1.165) is 0 Å². The first-order valence-electron chi connectivity index (χ1n) is 8.10. The smallest absolute Gasteiger partial charge is 0.338 e. The molecule has 5 nitrogen and oxygen atoms in total. The molecule has 2 aromatic carbocycles. The van der Waals surface area contributed by atoms with Gasteiger partial charge >= 0.3 is 11.9 Å². The monoisotopic (exact) mass is 350 g/mol. The minimum atomic E-state index is -0.918. The minimum Gasteiger partial charge on any atom is -0.483 e. The van der Waals surface area contributed by atoms with Gasteiger partial charge in [-0.1, -0.05) is 49.6 Å². The molecule has 132 valence electrons. The van der Waals surface area contributed by atoms with Gasteiger partial charge in [0.1, 0.15) is 5.76 Å². The van der Waals surface area contributed by atoms with E-state index in [2.05, 4.69) is 13.2 Å². The predicted octanol–water partition coefficient (Wildman–Crippen LogP) is 3.54. The lowest BCUT2D eigenvalue weighted by Gasteiger charge is -2.20. The summed E-state index contributed by atoms with van der Waals surface area (Å²) in [6, 6.07) is 17.1.